The van der Waals surface area contributed by atoms with E-state index in [1.54, 1.807) is 0 Å². The topological polar surface area (TPSA) is 0 Å². The minimum atomic E-state index is 0.771. The lowest BCUT2D eigenvalue weighted by atomic mass is 10.4. The monoisotopic (exact) mass is 157 g/mol. The molecule has 0 saturated carbocycles. The summed E-state index contributed by atoms with van der Waals surface area (Å²) >= 11 is 7.11. The molecule has 0 nitrogen and oxygen atoms in total. The fraction of sp³-hybridized carbons (Fsp3) is 0. The number of halogens is 1. The van der Waals surface area contributed by atoms with Gasteiger partial charge in [-0.1, -0.05) is 11.6 Å². The van der Waals surface area contributed by atoms with Crippen LogP contribution in [0.25, 0.3) is 0 Å². The van der Waals surface area contributed by atoms with Gasteiger partial charge in [0.1, 0.15) is 0 Å². The Bertz CT molecular complexity index is 181. The van der Waals surface area contributed by atoms with E-state index >= 15 is 0 Å². The number of benzene rings is 1. The Morgan fingerprint density at radius 2 is 1.78 bits per heavy atom. The Morgan fingerprint density at radius 3 is 2.22 bits per heavy atom. The Kier molecular flexibility index (Phi) is 2.43. The van der Waals surface area contributed by atoms with Crippen LogP contribution in [0.15, 0.2) is 29.2 Å². The highest BCUT2D eigenvalue weighted by Crippen LogP contribution is 2.17. The van der Waals surface area contributed by atoms with E-state index in [1.165, 1.54) is 11.8 Å². The molecule has 9 heavy (non-hydrogen) atoms. The summed E-state index contributed by atoms with van der Waals surface area (Å²) in [5, 5.41) is 0.771. The van der Waals surface area contributed by atoms with Crippen molar-refractivity contribution in [1.29, 1.82) is 0 Å². The molecule has 0 unspecified atom stereocenters. The quantitative estimate of drug-likeness (QED) is 0.564. The number of hydrogen-bond donors (Lipinski definition) is 0. The van der Waals surface area contributed by atoms with Crippen molar-refractivity contribution >= 4 is 23.4 Å². The van der Waals surface area contributed by atoms with E-state index in [0.717, 1.165) is 9.92 Å². The van der Waals surface area contributed by atoms with E-state index in [1.807, 2.05) is 24.3 Å². The molecule has 2 heteroatoms. The highest BCUT2D eigenvalue weighted by molar-refractivity contribution is 8.00. The summed E-state index contributed by atoms with van der Waals surface area (Å²) in [7, 11) is 0. The number of thioether (sulfide) groups is 1. The molecule has 0 atom stereocenters. The molecule has 1 radical (unpaired) electrons. The van der Waals surface area contributed by atoms with Crippen molar-refractivity contribution in [1.82, 2.24) is 0 Å². The third kappa shape index (κ3) is 1.92. The molecule has 0 fully saturated rings. The summed E-state index contributed by atoms with van der Waals surface area (Å²) in [5.41, 5.74) is 0. The van der Waals surface area contributed by atoms with Gasteiger partial charge in [0.05, 0.1) is 0 Å². The Morgan fingerprint density at radius 1 is 1.22 bits per heavy atom. The summed E-state index contributed by atoms with van der Waals surface area (Å²) in [6.07, 6.45) is 3.66. The SMILES string of the molecule is [CH2]Sc1ccc(Cl)cc1. The third-order valence-electron chi connectivity index (χ3n) is 0.980. The van der Waals surface area contributed by atoms with Crippen LogP contribution in [0.2, 0.25) is 5.02 Å². The van der Waals surface area contributed by atoms with Gasteiger partial charge in [0, 0.05) is 16.2 Å². The minimum absolute atomic E-state index is 0.771. The van der Waals surface area contributed by atoms with E-state index in [2.05, 4.69) is 6.26 Å². The summed E-state index contributed by atoms with van der Waals surface area (Å²) in [6.45, 7) is 0. The van der Waals surface area contributed by atoms with E-state index in [9.17, 15) is 0 Å². The fourth-order valence-electron chi connectivity index (χ4n) is 0.531. The molecule has 0 N–H and O–H groups in total. The Labute approximate surface area is 64.2 Å². The lowest BCUT2D eigenvalue weighted by Crippen LogP contribution is -1.65. The Hall–Kier alpha value is -0.140. The van der Waals surface area contributed by atoms with Crippen LogP contribution in [0.4, 0.5) is 0 Å². The standard InChI is InChI=1S/C7H6ClS/c1-9-7-4-2-6(8)3-5-7/h2-5H,1H2. The molecular weight excluding hydrogens is 152 g/mol. The van der Waals surface area contributed by atoms with E-state index in [-0.39, 0.29) is 0 Å². The Balaban J connectivity index is 2.88. The first-order chi connectivity index (χ1) is 4.33. The first-order valence-corrected chi connectivity index (χ1v) is 3.87. The van der Waals surface area contributed by atoms with Gasteiger partial charge < -0.3 is 0 Å². The van der Waals surface area contributed by atoms with Gasteiger partial charge in [-0.25, -0.2) is 0 Å². The van der Waals surface area contributed by atoms with Crippen molar-refractivity contribution in [2.45, 2.75) is 4.90 Å². The number of rotatable bonds is 1. The molecule has 47 valence electrons. The van der Waals surface area contributed by atoms with E-state index < -0.39 is 0 Å². The van der Waals surface area contributed by atoms with Crippen LogP contribution in [0.1, 0.15) is 0 Å². The molecule has 0 amide bonds. The van der Waals surface area contributed by atoms with Crippen molar-refractivity contribution in [2.75, 3.05) is 0 Å². The van der Waals surface area contributed by atoms with Crippen molar-refractivity contribution < 1.29 is 0 Å². The molecule has 0 aliphatic heterocycles. The van der Waals surface area contributed by atoms with Crippen molar-refractivity contribution in [3.63, 3.8) is 0 Å². The van der Waals surface area contributed by atoms with E-state index in [0.29, 0.717) is 0 Å². The second-order valence-corrected chi connectivity index (χ2v) is 2.79. The van der Waals surface area contributed by atoms with Crippen molar-refractivity contribution in [3.8, 4) is 0 Å². The van der Waals surface area contributed by atoms with Crippen molar-refractivity contribution in [2.24, 2.45) is 0 Å². The maximum absolute atomic E-state index is 5.64. The summed E-state index contributed by atoms with van der Waals surface area (Å²) in [4.78, 5) is 1.14. The highest BCUT2D eigenvalue weighted by Gasteiger charge is 1.86. The smallest absolute Gasteiger partial charge is 0.0406 e. The third-order valence-corrected chi connectivity index (χ3v) is 1.84. The summed E-state index contributed by atoms with van der Waals surface area (Å²) in [5.74, 6) is 0. The van der Waals surface area contributed by atoms with Gasteiger partial charge in [-0.15, -0.1) is 11.8 Å². The first-order valence-electron chi connectivity index (χ1n) is 2.50. The number of hydrogen-bond acceptors (Lipinski definition) is 1. The molecule has 0 aliphatic rings. The van der Waals surface area contributed by atoms with Crippen molar-refractivity contribution in [3.05, 3.63) is 35.5 Å². The molecule has 0 aromatic heterocycles. The maximum atomic E-state index is 5.64. The van der Waals surface area contributed by atoms with Gasteiger partial charge in [0.25, 0.3) is 0 Å². The van der Waals surface area contributed by atoms with Gasteiger partial charge in [-0.3, -0.25) is 0 Å². The zero-order valence-electron chi connectivity index (χ0n) is 4.80. The first kappa shape index (κ1) is 6.97. The van der Waals surface area contributed by atoms with Crippen LogP contribution < -0.4 is 0 Å². The van der Waals surface area contributed by atoms with Crippen LogP contribution in [0, 0.1) is 6.26 Å². The predicted molar refractivity (Wildman–Crippen MR) is 42.7 cm³/mol. The van der Waals surface area contributed by atoms with Gasteiger partial charge in [0.15, 0.2) is 0 Å². The van der Waals surface area contributed by atoms with Crippen LogP contribution in [0.3, 0.4) is 0 Å². The van der Waals surface area contributed by atoms with Gasteiger partial charge in [0.2, 0.25) is 0 Å². The molecule has 0 heterocycles. The second kappa shape index (κ2) is 3.14. The largest absolute Gasteiger partial charge is 0.125 e. The zero-order chi connectivity index (χ0) is 6.69. The van der Waals surface area contributed by atoms with Gasteiger partial charge in [-0.05, 0) is 24.3 Å². The van der Waals surface area contributed by atoms with Crippen LogP contribution in [-0.4, -0.2) is 0 Å². The fourth-order valence-corrected chi connectivity index (χ4v) is 0.985. The van der Waals surface area contributed by atoms with Crippen LogP contribution in [-0.2, 0) is 0 Å². The molecular formula is C7H6ClS. The normalized spacial score (nSPS) is 9.56. The lowest BCUT2D eigenvalue weighted by Gasteiger charge is -1.92. The average molecular weight is 158 g/mol. The van der Waals surface area contributed by atoms with Crippen LogP contribution >= 0.6 is 23.4 Å². The maximum Gasteiger partial charge on any atom is 0.0406 e. The molecule has 0 spiro atoms. The van der Waals surface area contributed by atoms with Crippen LogP contribution in [0.5, 0.6) is 0 Å². The molecule has 1 aromatic carbocycles. The molecule has 0 bridgehead atoms. The van der Waals surface area contributed by atoms with Gasteiger partial charge in [-0.2, -0.15) is 0 Å². The second-order valence-electron chi connectivity index (χ2n) is 1.60. The lowest BCUT2D eigenvalue weighted by molar-refractivity contribution is 1.47. The summed E-state index contributed by atoms with van der Waals surface area (Å²) < 4.78 is 0. The predicted octanol–water partition coefficient (Wildman–Crippen LogP) is 3.22. The van der Waals surface area contributed by atoms with E-state index in [4.69, 9.17) is 11.6 Å². The average Bonchev–Trinajstić information content (AvgIpc) is 1.90. The zero-order valence-corrected chi connectivity index (χ0v) is 6.38. The molecule has 0 saturated heterocycles. The summed E-state index contributed by atoms with van der Waals surface area (Å²) in [6, 6.07) is 7.60. The molecule has 0 aliphatic carbocycles. The molecule has 1 rings (SSSR count). The van der Waals surface area contributed by atoms with Gasteiger partial charge >= 0.3 is 0 Å². The minimum Gasteiger partial charge on any atom is -0.125 e. The molecule has 1 aromatic rings. The highest BCUT2D eigenvalue weighted by atomic mass is 35.5.